The van der Waals surface area contributed by atoms with Gasteiger partial charge in [-0.2, -0.15) is 0 Å². The summed E-state index contributed by atoms with van der Waals surface area (Å²) < 4.78 is 28.2. The maximum Gasteiger partial charge on any atom is 0.330 e. The van der Waals surface area contributed by atoms with Gasteiger partial charge in [0, 0.05) is 12.8 Å². The lowest BCUT2D eigenvalue weighted by atomic mass is 10.1. The van der Waals surface area contributed by atoms with Crippen molar-refractivity contribution < 1.29 is 37.6 Å². The highest BCUT2D eigenvalue weighted by atomic mass is 31.2. The van der Waals surface area contributed by atoms with E-state index in [1.165, 1.54) is 6.92 Å². The Kier molecular flexibility index (Phi) is 8.52. The van der Waals surface area contributed by atoms with Gasteiger partial charge < -0.3 is 13.8 Å². The maximum atomic E-state index is 12.7. The van der Waals surface area contributed by atoms with Gasteiger partial charge in [-0.25, -0.2) is 0 Å². The van der Waals surface area contributed by atoms with Crippen molar-refractivity contribution in [3.8, 4) is 0 Å². The molecule has 9 nitrogen and oxygen atoms in total. The second-order valence-electron chi connectivity index (χ2n) is 6.37. The normalized spacial score (nSPS) is 14.8. The number of carbonyl (C=O) groups is 3. The predicted molar refractivity (Wildman–Crippen MR) is 103 cm³/mol. The number of carbonyl (C=O) groups excluding carboxylic acids is 3. The molecule has 1 aromatic carbocycles. The van der Waals surface area contributed by atoms with Gasteiger partial charge in [-0.15, -0.1) is 5.06 Å². The number of esters is 1. The SMILES string of the molecule is CCOP(=O)(CCC(COC(C)=O)CON1C(=O)c2ccccc2C1=O)OCC. The van der Waals surface area contributed by atoms with Gasteiger partial charge in [0.1, 0.15) is 0 Å². The number of rotatable bonds is 12. The molecule has 10 heteroatoms. The summed E-state index contributed by atoms with van der Waals surface area (Å²) >= 11 is 0. The van der Waals surface area contributed by atoms with Gasteiger partial charge in [0.25, 0.3) is 11.8 Å². The van der Waals surface area contributed by atoms with Crippen molar-refractivity contribution in [2.24, 2.45) is 5.92 Å². The number of benzene rings is 1. The molecule has 0 bridgehead atoms. The van der Waals surface area contributed by atoms with Crippen molar-refractivity contribution in [1.29, 1.82) is 0 Å². The summed E-state index contributed by atoms with van der Waals surface area (Å²) in [7, 11) is -3.29. The summed E-state index contributed by atoms with van der Waals surface area (Å²) in [6.07, 6.45) is 0.375. The third kappa shape index (κ3) is 6.21. The van der Waals surface area contributed by atoms with Gasteiger partial charge in [0.15, 0.2) is 0 Å². The number of hydrogen-bond donors (Lipinski definition) is 0. The van der Waals surface area contributed by atoms with Crippen LogP contribution in [0.1, 0.15) is 47.9 Å². The average Bonchev–Trinajstić information content (AvgIpc) is 2.92. The lowest BCUT2D eigenvalue weighted by Crippen LogP contribution is -2.33. The average molecular weight is 427 g/mol. The molecule has 1 atom stereocenters. The van der Waals surface area contributed by atoms with Crippen molar-refractivity contribution in [2.45, 2.75) is 27.2 Å². The molecule has 29 heavy (non-hydrogen) atoms. The topological polar surface area (TPSA) is 108 Å². The van der Waals surface area contributed by atoms with Gasteiger partial charge in [-0.3, -0.25) is 23.8 Å². The molecule has 0 aromatic heterocycles. The number of hydrogen-bond acceptors (Lipinski definition) is 8. The Morgan fingerprint density at radius 3 is 2.07 bits per heavy atom. The van der Waals surface area contributed by atoms with Gasteiger partial charge in [-0.05, 0) is 32.4 Å². The van der Waals surface area contributed by atoms with Crippen LogP contribution in [0.5, 0.6) is 0 Å². The Morgan fingerprint density at radius 1 is 1.03 bits per heavy atom. The first-order chi connectivity index (χ1) is 13.8. The van der Waals surface area contributed by atoms with Crippen molar-refractivity contribution >= 4 is 25.4 Å². The Bertz CT molecular complexity index is 751. The standard InChI is InChI=1S/C19H26NO8P/c1-4-27-29(24,28-5-2)11-10-15(12-25-14(3)21)13-26-20-18(22)16-8-6-7-9-17(16)19(20)23/h6-9,15H,4-5,10-13H2,1-3H3. The Labute approximate surface area is 169 Å². The van der Waals surface area contributed by atoms with Crippen LogP contribution in [0, 0.1) is 5.92 Å². The molecule has 2 amide bonds. The number of nitrogens with zero attached hydrogens (tertiary/aromatic N) is 1. The van der Waals surface area contributed by atoms with Gasteiger partial charge in [0.2, 0.25) is 0 Å². The monoisotopic (exact) mass is 427 g/mol. The van der Waals surface area contributed by atoms with Crippen LogP contribution >= 0.6 is 7.60 Å². The molecule has 0 spiro atoms. The van der Waals surface area contributed by atoms with E-state index < -0.39 is 31.3 Å². The van der Waals surface area contributed by atoms with Crippen molar-refractivity contribution in [3.05, 3.63) is 35.4 Å². The van der Waals surface area contributed by atoms with E-state index in [1.807, 2.05) is 0 Å². The summed E-state index contributed by atoms with van der Waals surface area (Å²) in [6, 6.07) is 6.43. The van der Waals surface area contributed by atoms with Crippen LogP contribution in [0.2, 0.25) is 0 Å². The fourth-order valence-electron chi connectivity index (χ4n) is 2.81. The highest BCUT2D eigenvalue weighted by Crippen LogP contribution is 2.49. The van der Waals surface area contributed by atoms with Gasteiger partial charge in [-0.1, -0.05) is 12.1 Å². The van der Waals surface area contributed by atoms with Crippen LogP contribution < -0.4 is 0 Å². The fourth-order valence-corrected chi connectivity index (χ4v) is 4.62. The van der Waals surface area contributed by atoms with Crippen LogP contribution in [0.25, 0.3) is 0 Å². The number of fused-ring (bicyclic) bond motifs is 1. The molecule has 1 aliphatic rings. The van der Waals surface area contributed by atoms with E-state index in [4.69, 9.17) is 18.6 Å². The maximum absolute atomic E-state index is 12.7. The van der Waals surface area contributed by atoms with E-state index in [9.17, 15) is 18.9 Å². The summed E-state index contributed by atoms with van der Waals surface area (Å²) in [4.78, 5) is 41.4. The van der Waals surface area contributed by atoms with E-state index in [-0.39, 0.29) is 50.1 Å². The quantitative estimate of drug-likeness (QED) is 0.285. The lowest BCUT2D eigenvalue weighted by Gasteiger charge is -2.22. The zero-order valence-electron chi connectivity index (χ0n) is 16.8. The van der Waals surface area contributed by atoms with E-state index in [0.717, 1.165) is 0 Å². The van der Waals surface area contributed by atoms with E-state index in [2.05, 4.69) is 0 Å². The minimum Gasteiger partial charge on any atom is -0.465 e. The van der Waals surface area contributed by atoms with E-state index in [1.54, 1.807) is 38.1 Å². The predicted octanol–water partition coefficient (Wildman–Crippen LogP) is 3.05. The Hall–Kier alpha value is -2.06. The van der Waals surface area contributed by atoms with Crippen molar-refractivity contribution in [2.75, 3.05) is 32.6 Å². The largest absolute Gasteiger partial charge is 0.465 e. The summed E-state index contributed by atoms with van der Waals surface area (Å²) in [5, 5.41) is 0.704. The first-order valence-electron chi connectivity index (χ1n) is 9.43. The van der Waals surface area contributed by atoms with Crippen LogP contribution in [-0.4, -0.2) is 55.4 Å². The molecule has 0 N–H and O–H groups in total. The van der Waals surface area contributed by atoms with Crippen LogP contribution in [0.4, 0.5) is 0 Å². The van der Waals surface area contributed by atoms with Crippen LogP contribution in [0.3, 0.4) is 0 Å². The highest BCUT2D eigenvalue weighted by Gasteiger charge is 2.37. The molecule has 160 valence electrons. The smallest absolute Gasteiger partial charge is 0.330 e. The molecule has 0 fully saturated rings. The van der Waals surface area contributed by atoms with Crippen LogP contribution in [-0.2, 0) is 28.0 Å². The Morgan fingerprint density at radius 2 is 1.59 bits per heavy atom. The Balaban J connectivity index is 2.01. The molecule has 0 radical (unpaired) electrons. The molecule has 0 saturated carbocycles. The third-order valence-corrected chi connectivity index (χ3v) is 6.29. The number of hydroxylamine groups is 2. The van der Waals surface area contributed by atoms with E-state index >= 15 is 0 Å². The fraction of sp³-hybridized carbons (Fsp3) is 0.526. The minimum absolute atomic E-state index is 0.0171. The number of amides is 2. The molecule has 0 aliphatic carbocycles. The van der Waals surface area contributed by atoms with E-state index in [0.29, 0.717) is 5.06 Å². The van der Waals surface area contributed by atoms with Gasteiger partial charge in [0.05, 0.1) is 43.7 Å². The molecule has 1 aliphatic heterocycles. The lowest BCUT2D eigenvalue weighted by molar-refractivity contribution is -0.146. The molecule has 1 heterocycles. The minimum atomic E-state index is -3.29. The summed E-state index contributed by atoms with van der Waals surface area (Å²) in [6.45, 7) is 5.07. The molecular formula is C19H26NO8P. The van der Waals surface area contributed by atoms with Gasteiger partial charge >= 0.3 is 13.6 Å². The first-order valence-corrected chi connectivity index (χ1v) is 11.2. The molecule has 1 unspecified atom stereocenters. The molecule has 0 saturated heterocycles. The van der Waals surface area contributed by atoms with Crippen LogP contribution in [0.15, 0.2) is 24.3 Å². The first kappa shape index (κ1) is 23.2. The second kappa shape index (κ2) is 10.6. The molecule has 1 aromatic rings. The summed E-state index contributed by atoms with van der Waals surface area (Å²) in [5.74, 6) is -2.00. The zero-order chi connectivity index (χ0) is 21.4. The van der Waals surface area contributed by atoms with Crippen molar-refractivity contribution in [1.82, 2.24) is 5.06 Å². The zero-order valence-corrected chi connectivity index (χ0v) is 17.7. The van der Waals surface area contributed by atoms with Crippen molar-refractivity contribution in [3.63, 3.8) is 0 Å². The number of ether oxygens (including phenoxy) is 1. The molecular weight excluding hydrogens is 401 g/mol. The highest BCUT2D eigenvalue weighted by molar-refractivity contribution is 7.53. The number of imide groups is 1. The third-order valence-electron chi connectivity index (χ3n) is 4.18. The summed E-state index contributed by atoms with van der Waals surface area (Å²) in [5.41, 5.74) is 0.539. The second-order valence-corrected chi connectivity index (χ2v) is 8.56. The molecule has 2 rings (SSSR count).